The van der Waals surface area contributed by atoms with Crippen LogP contribution in [0.4, 0.5) is 5.69 Å². The van der Waals surface area contributed by atoms with E-state index < -0.39 is 5.72 Å². The number of carbonyl (C=O) groups excluding carboxylic acids is 2. The van der Waals surface area contributed by atoms with Crippen molar-refractivity contribution < 1.29 is 14.3 Å². The molecule has 0 aliphatic carbocycles. The summed E-state index contributed by atoms with van der Waals surface area (Å²) in [6.07, 6.45) is 2.23. The number of para-hydroxylation sites is 2. The number of benzene rings is 2. The Hall–Kier alpha value is -2.86. The maximum atomic E-state index is 13.1. The summed E-state index contributed by atoms with van der Waals surface area (Å²) in [6.45, 7) is 3.90. The van der Waals surface area contributed by atoms with Crippen molar-refractivity contribution in [2.24, 2.45) is 0 Å². The summed E-state index contributed by atoms with van der Waals surface area (Å²) >= 11 is 0. The van der Waals surface area contributed by atoms with Gasteiger partial charge in [0.25, 0.3) is 5.91 Å². The minimum Gasteiger partial charge on any atom is -0.467 e. The van der Waals surface area contributed by atoms with E-state index in [2.05, 4.69) is 23.2 Å². The molecule has 3 aliphatic heterocycles. The number of carbonyl (C=O) groups is 2. The van der Waals surface area contributed by atoms with Crippen molar-refractivity contribution in [3.05, 3.63) is 59.7 Å². The average Bonchev–Trinajstić information content (AvgIpc) is 3.06. The standard InChI is InChI=1S/C23H25N3O3/c1-16-14-17-6-2-4-8-19(17)26(16)21(27)15-25-12-10-23(11-13-25)24-22(28)18-7-3-5-9-20(18)29-23/h2-9,16H,10-15H2,1H3,(H,24,28). The van der Waals surface area contributed by atoms with Gasteiger partial charge in [-0.3, -0.25) is 14.5 Å². The van der Waals surface area contributed by atoms with E-state index in [0.717, 1.165) is 12.1 Å². The van der Waals surface area contributed by atoms with E-state index >= 15 is 0 Å². The van der Waals surface area contributed by atoms with Crippen LogP contribution >= 0.6 is 0 Å². The SMILES string of the molecule is CC1Cc2ccccc2N1C(=O)CN1CCC2(CC1)NC(=O)c1ccccc1O2. The van der Waals surface area contributed by atoms with Crippen LogP contribution in [-0.4, -0.2) is 48.1 Å². The summed E-state index contributed by atoms with van der Waals surface area (Å²) in [5.41, 5.74) is 2.19. The third kappa shape index (κ3) is 3.17. The van der Waals surface area contributed by atoms with Crippen LogP contribution in [0.5, 0.6) is 5.75 Å². The summed E-state index contributed by atoms with van der Waals surface area (Å²) in [7, 11) is 0. The van der Waals surface area contributed by atoms with Gasteiger partial charge in [0, 0.05) is 37.7 Å². The molecular formula is C23H25N3O3. The molecule has 2 aromatic carbocycles. The van der Waals surface area contributed by atoms with E-state index in [1.165, 1.54) is 5.56 Å². The van der Waals surface area contributed by atoms with Crippen LogP contribution in [0.15, 0.2) is 48.5 Å². The fraction of sp³-hybridized carbons (Fsp3) is 0.391. The van der Waals surface area contributed by atoms with E-state index in [1.807, 2.05) is 41.3 Å². The maximum absolute atomic E-state index is 13.1. The molecule has 3 heterocycles. The molecule has 1 atom stereocenters. The lowest BCUT2D eigenvalue weighted by atomic mass is 9.97. The largest absolute Gasteiger partial charge is 0.467 e. The van der Waals surface area contributed by atoms with Crippen molar-refractivity contribution in [3.8, 4) is 5.75 Å². The predicted octanol–water partition coefficient (Wildman–Crippen LogP) is 2.58. The highest BCUT2D eigenvalue weighted by atomic mass is 16.5. The van der Waals surface area contributed by atoms with Gasteiger partial charge in [0.15, 0.2) is 5.72 Å². The first kappa shape index (κ1) is 18.2. The molecule has 2 amide bonds. The molecular weight excluding hydrogens is 366 g/mol. The van der Waals surface area contributed by atoms with Gasteiger partial charge < -0.3 is 15.0 Å². The minimum atomic E-state index is -0.668. The molecule has 0 aromatic heterocycles. The van der Waals surface area contributed by atoms with Crippen molar-refractivity contribution >= 4 is 17.5 Å². The van der Waals surface area contributed by atoms with Crippen LogP contribution in [0.25, 0.3) is 0 Å². The van der Waals surface area contributed by atoms with Gasteiger partial charge in [-0.2, -0.15) is 0 Å². The molecule has 6 heteroatoms. The van der Waals surface area contributed by atoms with E-state index in [9.17, 15) is 9.59 Å². The molecule has 3 aliphatic rings. The lowest BCUT2D eigenvalue weighted by Gasteiger charge is -2.44. The Bertz CT molecular complexity index is 965. The summed E-state index contributed by atoms with van der Waals surface area (Å²) in [5.74, 6) is 0.694. The number of hydrogen-bond donors (Lipinski definition) is 1. The van der Waals surface area contributed by atoms with Crippen LogP contribution in [0.1, 0.15) is 35.7 Å². The fourth-order valence-corrected chi connectivity index (χ4v) is 4.77. The van der Waals surface area contributed by atoms with Crippen LogP contribution in [0.3, 0.4) is 0 Å². The van der Waals surface area contributed by atoms with E-state index in [-0.39, 0.29) is 17.9 Å². The van der Waals surface area contributed by atoms with Gasteiger partial charge in [0.05, 0.1) is 12.1 Å². The van der Waals surface area contributed by atoms with Gasteiger partial charge in [-0.1, -0.05) is 30.3 Å². The van der Waals surface area contributed by atoms with Crippen molar-refractivity contribution in [3.63, 3.8) is 0 Å². The molecule has 1 unspecified atom stereocenters. The first-order chi connectivity index (χ1) is 14.0. The second-order valence-electron chi connectivity index (χ2n) is 8.27. The quantitative estimate of drug-likeness (QED) is 0.855. The molecule has 29 heavy (non-hydrogen) atoms. The number of anilines is 1. The molecule has 5 rings (SSSR count). The molecule has 1 saturated heterocycles. The Morgan fingerprint density at radius 1 is 1.14 bits per heavy atom. The number of nitrogens with one attached hydrogen (secondary N) is 1. The van der Waals surface area contributed by atoms with Gasteiger partial charge in [0.2, 0.25) is 5.91 Å². The van der Waals surface area contributed by atoms with E-state index in [1.54, 1.807) is 6.07 Å². The zero-order chi connectivity index (χ0) is 20.0. The Morgan fingerprint density at radius 3 is 2.69 bits per heavy atom. The first-order valence-electron chi connectivity index (χ1n) is 10.3. The Balaban J connectivity index is 1.24. The van der Waals surface area contributed by atoms with Crippen LogP contribution in [-0.2, 0) is 11.2 Å². The molecule has 6 nitrogen and oxygen atoms in total. The number of ether oxygens (including phenoxy) is 1. The average molecular weight is 391 g/mol. The molecule has 150 valence electrons. The highest BCUT2D eigenvalue weighted by molar-refractivity contribution is 5.98. The lowest BCUT2D eigenvalue weighted by molar-refractivity contribution is -0.121. The van der Waals surface area contributed by atoms with Gasteiger partial charge >= 0.3 is 0 Å². The predicted molar refractivity (Wildman–Crippen MR) is 110 cm³/mol. The first-order valence-corrected chi connectivity index (χ1v) is 10.3. The number of hydrogen-bond acceptors (Lipinski definition) is 4. The molecule has 1 spiro atoms. The monoisotopic (exact) mass is 391 g/mol. The molecule has 0 saturated carbocycles. The van der Waals surface area contributed by atoms with Crippen molar-refractivity contribution in [2.45, 2.75) is 38.0 Å². The third-order valence-corrected chi connectivity index (χ3v) is 6.28. The Morgan fingerprint density at radius 2 is 1.86 bits per heavy atom. The van der Waals surface area contributed by atoms with Crippen LogP contribution in [0, 0.1) is 0 Å². The normalized spacial score (nSPS) is 22.6. The zero-order valence-electron chi connectivity index (χ0n) is 16.6. The number of fused-ring (bicyclic) bond motifs is 2. The lowest BCUT2D eigenvalue weighted by Crippen LogP contribution is -2.61. The molecule has 1 N–H and O–H groups in total. The van der Waals surface area contributed by atoms with Crippen LogP contribution in [0.2, 0.25) is 0 Å². The highest BCUT2D eigenvalue weighted by Gasteiger charge is 2.43. The van der Waals surface area contributed by atoms with Gasteiger partial charge in [-0.15, -0.1) is 0 Å². The second kappa shape index (κ2) is 6.88. The van der Waals surface area contributed by atoms with Crippen molar-refractivity contribution in [1.29, 1.82) is 0 Å². The van der Waals surface area contributed by atoms with Crippen molar-refractivity contribution in [1.82, 2.24) is 10.2 Å². The zero-order valence-corrected chi connectivity index (χ0v) is 16.6. The van der Waals surface area contributed by atoms with Gasteiger partial charge in [-0.05, 0) is 37.1 Å². The Labute approximate surface area is 170 Å². The smallest absolute Gasteiger partial charge is 0.258 e. The van der Waals surface area contributed by atoms with E-state index in [0.29, 0.717) is 43.8 Å². The topological polar surface area (TPSA) is 61.9 Å². The minimum absolute atomic E-state index is 0.0844. The second-order valence-corrected chi connectivity index (χ2v) is 8.27. The number of nitrogens with zero attached hydrogens (tertiary/aromatic N) is 2. The molecule has 0 bridgehead atoms. The van der Waals surface area contributed by atoms with Gasteiger partial charge in [-0.25, -0.2) is 0 Å². The molecule has 0 radical (unpaired) electrons. The number of amides is 2. The number of piperidine rings is 1. The third-order valence-electron chi connectivity index (χ3n) is 6.28. The summed E-state index contributed by atoms with van der Waals surface area (Å²) < 4.78 is 6.19. The highest BCUT2D eigenvalue weighted by Crippen LogP contribution is 2.34. The fourth-order valence-electron chi connectivity index (χ4n) is 4.77. The maximum Gasteiger partial charge on any atom is 0.258 e. The van der Waals surface area contributed by atoms with Crippen LogP contribution < -0.4 is 15.0 Å². The van der Waals surface area contributed by atoms with Crippen molar-refractivity contribution in [2.75, 3.05) is 24.5 Å². The van der Waals surface area contributed by atoms with E-state index in [4.69, 9.17) is 4.74 Å². The van der Waals surface area contributed by atoms with Gasteiger partial charge in [0.1, 0.15) is 5.75 Å². The Kier molecular flexibility index (Phi) is 4.32. The number of rotatable bonds is 2. The number of likely N-dealkylation sites (tertiary alicyclic amines) is 1. The summed E-state index contributed by atoms with van der Waals surface area (Å²) in [4.78, 5) is 29.6. The summed E-state index contributed by atoms with van der Waals surface area (Å²) in [5, 5.41) is 3.05. The molecule has 2 aromatic rings. The summed E-state index contributed by atoms with van der Waals surface area (Å²) in [6, 6.07) is 15.7. The molecule has 1 fully saturated rings.